The van der Waals surface area contributed by atoms with Gasteiger partial charge in [0.25, 0.3) is 0 Å². The molecule has 0 aliphatic heterocycles. The van der Waals surface area contributed by atoms with Crippen molar-refractivity contribution in [3.05, 3.63) is 37.1 Å². The Bertz CT molecular complexity index is 596. The van der Waals surface area contributed by atoms with Gasteiger partial charge in [0, 0.05) is 18.1 Å². The summed E-state index contributed by atoms with van der Waals surface area (Å²) in [6, 6.07) is 5.86. The summed E-state index contributed by atoms with van der Waals surface area (Å²) in [6.07, 6.45) is 7.50. The Hall–Kier alpha value is -1.90. The molecule has 1 aromatic heterocycles. The van der Waals surface area contributed by atoms with E-state index in [2.05, 4.69) is 11.1 Å². The standard InChI is InChI=1S/C16H19NO2/c1-2-8-19-13-6-7-15-14(9-13)16(18)11-17(15)10-12-4-3-5-12/h2,6-7,9,11-12,18H,1,3-5,8,10H2. The first kappa shape index (κ1) is 12.2. The van der Waals surface area contributed by atoms with Crippen LogP contribution in [0.4, 0.5) is 0 Å². The van der Waals surface area contributed by atoms with Crippen LogP contribution in [-0.2, 0) is 6.54 Å². The van der Waals surface area contributed by atoms with Crippen LogP contribution in [0, 0.1) is 5.92 Å². The van der Waals surface area contributed by atoms with Crippen molar-refractivity contribution in [3.63, 3.8) is 0 Å². The summed E-state index contributed by atoms with van der Waals surface area (Å²) in [5.74, 6) is 1.87. The minimum atomic E-state index is 0.332. The zero-order chi connectivity index (χ0) is 13.2. The number of hydrogen-bond donors (Lipinski definition) is 1. The lowest BCUT2D eigenvalue weighted by Crippen LogP contribution is -2.17. The molecule has 3 nitrogen and oxygen atoms in total. The molecule has 0 radical (unpaired) electrons. The molecule has 1 aliphatic carbocycles. The maximum absolute atomic E-state index is 10.0. The van der Waals surface area contributed by atoms with Crippen LogP contribution in [0.25, 0.3) is 10.9 Å². The average Bonchev–Trinajstić information content (AvgIpc) is 2.68. The summed E-state index contributed by atoms with van der Waals surface area (Å²) in [6.45, 7) is 5.11. The molecule has 3 rings (SSSR count). The highest BCUT2D eigenvalue weighted by Gasteiger charge is 2.19. The zero-order valence-corrected chi connectivity index (χ0v) is 11.0. The van der Waals surface area contributed by atoms with Gasteiger partial charge in [-0.2, -0.15) is 0 Å². The van der Waals surface area contributed by atoms with E-state index in [1.807, 2.05) is 24.4 Å². The molecule has 1 aliphatic rings. The highest BCUT2D eigenvalue weighted by Crippen LogP contribution is 2.34. The molecule has 1 saturated carbocycles. The van der Waals surface area contributed by atoms with Gasteiger partial charge in [-0.1, -0.05) is 19.1 Å². The van der Waals surface area contributed by atoms with E-state index >= 15 is 0 Å². The Balaban J connectivity index is 1.90. The fourth-order valence-electron chi connectivity index (χ4n) is 2.61. The molecule has 2 aromatic rings. The van der Waals surface area contributed by atoms with E-state index in [0.29, 0.717) is 12.4 Å². The van der Waals surface area contributed by atoms with Crippen molar-refractivity contribution in [1.29, 1.82) is 0 Å². The number of aromatic nitrogens is 1. The second-order valence-corrected chi connectivity index (χ2v) is 5.24. The van der Waals surface area contributed by atoms with Crippen molar-refractivity contribution in [3.8, 4) is 11.5 Å². The molecule has 1 N–H and O–H groups in total. The molecule has 3 heteroatoms. The molecule has 1 fully saturated rings. The highest BCUT2D eigenvalue weighted by molar-refractivity contribution is 5.87. The van der Waals surface area contributed by atoms with Crippen LogP contribution in [0.2, 0.25) is 0 Å². The number of aromatic hydroxyl groups is 1. The predicted octanol–water partition coefficient (Wildman–Crippen LogP) is 3.71. The molecule has 0 spiro atoms. The number of fused-ring (bicyclic) bond motifs is 1. The lowest BCUT2D eigenvalue weighted by atomic mass is 9.85. The van der Waals surface area contributed by atoms with Gasteiger partial charge in [-0.15, -0.1) is 0 Å². The lowest BCUT2D eigenvalue weighted by Gasteiger charge is -2.26. The van der Waals surface area contributed by atoms with Gasteiger partial charge in [-0.3, -0.25) is 0 Å². The van der Waals surface area contributed by atoms with Gasteiger partial charge in [0.15, 0.2) is 0 Å². The summed E-state index contributed by atoms with van der Waals surface area (Å²) in [5.41, 5.74) is 1.08. The van der Waals surface area contributed by atoms with E-state index in [0.717, 1.165) is 29.1 Å². The molecule has 19 heavy (non-hydrogen) atoms. The first-order chi connectivity index (χ1) is 9.28. The Labute approximate surface area is 113 Å². The van der Waals surface area contributed by atoms with Crippen molar-refractivity contribution in [1.82, 2.24) is 4.57 Å². The summed E-state index contributed by atoms with van der Waals surface area (Å²) >= 11 is 0. The van der Waals surface area contributed by atoms with Gasteiger partial charge in [0.1, 0.15) is 18.1 Å². The van der Waals surface area contributed by atoms with Gasteiger partial charge in [0.2, 0.25) is 0 Å². The lowest BCUT2D eigenvalue weighted by molar-refractivity contribution is 0.279. The molecular weight excluding hydrogens is 238 g/mol. The summed E-state index contributed by atoms with van der Waals surface area (Å²) in [5, 5.41) is 10.9. The number of ether oxygens (including phenoxy) is 1. The minimum Gasteiger partial charge on any atom is -0.506 e. The molecule has 0 amide bonds. The van der Waals surface area contributed by atoms with E-state index in [1.54, 1.807) is 6.08 Å². The van der Waals surface area contributed by atoms with Crippen molar-refractivity contribution >= 4 is 10.9 Å². The number of hydrogen-bond acceptors (Lipinski definition) is 2. The molecular formula is C16H19NO2. The normalized spacial score (nSPS) is 15.4. The molecule has 0 bridgehead atoms. The van der Waals surface area contributed by atoms with E-state index < -0.39 is 0 Å². The fraction of sp³-hybridized carbons (Fsp3) is 0.375. The van der Waals surface area contributed by atoms with Crippen molar-refractivity contribution in [2.75, 3.05) is 6.61 Å². The Kier molecular flexibility index (Phi) is 3.20. The summed E-state index contributed by atoms with van der Waals surface area (Å²) in [4.78, 5) is 0. The fourth-order valence-corrected chi connectivity index (χ4v) is 2.61. The van der Waals surface area contributed by atoms with Crippen LogP contribution in [0.5, 0.6) is 11.5 Å². The quantitative estimate of drug-likeness (QED) is 0.828. The third-order valence-electron chi connectivity index (χ3n) is 3.88. The summed E-state index contributed by atoms with van der Waals surface area (Å²) < 4.78 is 7.66. The third kappa shape index (κ3) is 2.33. The highest BCUT2D eigenvalue weighted by atomic mass is 16.5. The van der Waals surface area contributed by atoms with E-state index in [4.69, 9.17) is 4.74 Å². The van der Waals surface area contributed by atoms with Gasteiger partial charge in [-0.25, -0.2) is 0 Å². The molecule has 0 atom stereocenters. The van der Waals surface area contributed by atoms with Crippen LogP contribution >= 0.6 is 0 Å². The van der Waals surface area contributed by atoms with E-state index in [1.165, 1.54) is 19.3 Å². The molecule has 0 saturated heterocycles. The largest absolute Gasteiger partial charge is 0.506 e. The van der Waals surface area contributed by atoms with Gasteiger partial charge in [0.05, 0.1) is 5.52 Å². The van der Waals surface area contributed by atoms with Crippen molar-refractivity contribution in [2.45, 2.75) is 25.8 Å². The van der Waals surface area contributed by atoms with Crippen LogP contribution < -0.4 is 4.74 Å². The molecule has 1 aromatic carbocycles. The Morgan fingerprint density at radius 3 is 2.95 bits per heavy atom. The first-order valence-corrected chi connectivity index (χ1v) is 6.83. The maximum atomic E-state index is 10.0. The average molecular weight is 257 g/mol. The van der Waals surface area contributed by atoms with Crippen molar-refractivity contribution < 1.29 is 9.84 Å². The van der Waals surface area contributed by atoms with Crippen LogP contribution in [0.1, 0.15) is 19.3 Å². The summed E-state index contributed by atoms with van der Waals surface area (Å²) in [7, 11) is 0. The van der Waals surface area contributed by atoms with E-state index in [9.17, 15) is 5.11 Å². The Morgan fingerprint density at radius 1 is 1.42 bits per heavy atom. The van der Waals surface area contributed by atoms with Gasteiger partial charge in [-0.05, 0) is 37.0 Å². The number of rotatable bonds is 5. The van der Waals surface area contributed by atoms with Crippen LogP contribution in [0.3, 0.4) is 0 Å². The predicted molar refractivity (Wildman–Crippen MR) is 76.6 cm³/mol. The molecule has 0 unspecified atom stereocenters. The monoisotopic (exact) mass is 257 g/mol. The Morgan fingerprint density at radius 2 is 2.26 bits per heavy atom. The number of benzene rings is 1. The molecule has 100 valence electrons. The second-order valence-electron chi connectivity index (χ2n) is 5.24. The van der Waals surface area contributed by atoms with Gasteiger partial charge >= 0.3 is 0 Å². The SMILES string of the molecule is C=CCOc1ccc2c(c1)c(O)cn2CC1CCC1. The third-order valence-corrected chi connectivity index (χ3v) is 3.88. The topological polar surface area (TPSA) is 34.4 Å². The number of nitrogens with zero attached hydrogens (tertiary/aromatic N) is 1. The minimum absolute atomic E-state index is 0.332. The van der Waals surface area contributed by atoms with Crippen molar-refractivity contribution in [2.24, 2.45) is 5.92 Å². The van der Waals surface area contributed by atoms with Gasteiger partial charge < -0.3 is 14.4 Å². The molecule has 1 heterocycles. The second kappa shape index (κ2) is 5.00. The zero-order valence-electron chi connectivity index (χ0n) is 11.0. The van der Waals surface area contributed by atoms with E-state index in [-0.39, 0.29) is 0 Å². The van der Waals surface area contributed by atoms with Crippen LogP contribution in [0.15, 0.2) is 37.1 Å². The maximum Gasteiger partial charge on any atom is 0.141 e. The first-order valence-electron chi connectivity index (χ1n) is 6.83. The smallest absolute Gasteiger partial charge is 0.141 e. The van der Waals surface area contributed by atoms with Crippen LogP contribution in [-0.4, -0.2) is 16.3 Å².